The third kappa shape index (κ3) is 6.46. The largest absolute Gasteiger partial charge is 0.493 e. The molecule has 196 valence electrons. The van der Waals surface area contributed by atoms with Gasteiger partial charge in [-0.1, -0.05) is 29.3 Å². The Balaban J connectivity index is 1.91. The normalized spacial score (nSPS) is 11.0. The Kier molecular flexibility index (Phi) is 8.90. The molecule has 1 N–H and O–H groups in total. The number of hydrogen-bond acceptors (Lipinski definition) is 7. The van der Waals surface area contributed by atoms with Crippen LogP contribution in [0.4, 0.5) is 11.4 Å². The number of amides is 1. The lowest BCUT2D eigenvalue weighted by molar-refractivity contribution is 0.0601. The van der Waals surface area contributed by atoms with Gasteiger partial charge >= 0.3 is 5.97 Å². The quantitative estimate of drug-likeness (QED) is 0.362. The summed E-state index contributed by atoms with van der Waals surface area (Å²) in [7, 11) is 0.324. The molecule has 0 heterocycles. The number of nitrogens with one attached hydrogen (secondary N) is 1. The second kappa shape index (κ2) is 11.7. The van der Waals surface area contributed by atoms with E-state index in [1.807, 2.05) is 0 Å². The molecule has 0 radical (unpaired) electrons. The van der Waals surface area contributed by atoms with Gasteiger partial charge in [-0.15, -0.1) is 0 Å². The summed E-state index contributed by atoms with van der Waals surface area (Å²) < 4.78 is 41.5. The predicted octanol–water partition coefficient (Wildman–Crippen LogP) is 5.02. The average Bonchev–Trinajstić information content (AvgIpc) is 2.87. The van der Waals surface area contributed by atoms with Crippen LogP contribution in [0.15, 0.2) is 54.6 Å². The number of halogens is 2. The number of rotatable bonds is 9. The summed E-state index contributed by atoms with van der Waals surface area (Å²) in [5, 5.41) is 3.31. The van der Waals surface area contributed by atoms with E-state index in [4.69, 9.17) is 37.4 Å². The van der Waals surface area contributed by atoms with Crippen molar-refractivity contribution in [1.82, 2.24) is 0 Å². The summed E-state index contributed by atoms with van der Waals surface area (Å²) in [4.78, 5) is 25.3. The van der Waals surface area contributed by atoms with Gasteiger partial charge in [0.15, 0.2) is 11.5 Å². The maximum Gasteiger partial charge on any atom is 0.340 e. The lowest BCUT2D eigenvalue weighted by atomic mass is 10.1. The zero-order chi connectivity index (χ0) is 27.3. The van der Waals surface area contributed by atoms with Crippen molar-refractivity contribution in [2.75, 3.05) is 37.2 Å². The first kappa shape index (κ1) is 28.1. The number of hydrogen-bond donors (Lipinski definition) is 1. The van der Waals surface area contributed by atoms with Crippen LogP contribution in [-0.2, 0) is 21.3 Å². The monoisotopic (exact) mass is 566 g/mol. The van der Waals surface area contributed by atoms with Crippen LogP contribution in [-0.4, -0.2) is 47.9 Å². The van der Waals surface area contributed by atoms with Gasteiger partial charge in [-0.3, -0.25) is 9.10 Å². The first-order valence-electron chi connectivity index (χ1n) is 10.7. The molecule has 0 bridgehead atoms. The Morgan fingerprint density at radius 1 is 0.919 bits per heavy atom. The highest BCUT2D eigenvalue weighted by Gasteiger charge is 2.22. The van der Waals surface area contributed by atoms with Gasteiger partial charge in [-0.2, -0.15) is 0 Å². The van der Waals surface area contributed by atoms with Crippen molar-refractivity contribution in [3.63, 3.8) is 0 Å². The molecule has 3 aromatic rings. The summed E-state index contributed by atoms with van der Waals surface area (Å²) in [5.41, 5.74) is 1.16. The standard InChI is InChI=1S/C25H24Cl2N2O7S/c1-34-22-12-17(25(31)36-3)21(13-23(22)35-2)28-24(30)15-8-10-16(11-9-15)29(37(4,32)33)14-18-19(26)6-5-7-20(18)27/h5-13H,14H2,1-4H3,(H,28,30). The second-order valence-corrected chi connectivity index (χ2v) is 10.4. The van der Waals surface area contributed by atoms with Gasteiger partial charge in [0.2, 0.25) is 10.0 Å². The lowest BCUT2D eigenvalue weighted by Crippen LogP contribution is -2.29. The first-order valence-corrected chi connectivity index (χ1v) is 13.3. The lowest BCUT2D eigenvalue weighted by Gasteiger charge is -2.24. The number of esters is 1. The number of anilines is 2. The van der Waals surface area contributed by atoms with Crippen molar-refractivity contribution in [2.24, 2.45) is 0 Å². The molecule has 0 atom stereocenters. The summed E-state index contributed by atoms with van der Waals surface area (Å²) in [6, 6.07) is 13.6. The van der Waals surface area contributed by atoms with Gasteiger partial charge in [0, 0.05) is 33.3 Å². The summed E-state index contributed by atoms with van der Waals surface area (Å²) >= 11 is 12.5. The van der Waals surface area contributed by atoms with E-state index in [0.29, 0.717) is 27.0 Å². The van der Waals surface area contributed by atoms with Gasteiger partial charge in [0.25, 0.3) is 5.91 Å². The molecule has 12 heteroatoms. The van der Waals surface area contributed by atoms with E-state index in [9.17, 15) is 18.0 Å². The highest BCUT2D eigenvalue weighted by atomic mass is 35.5. The molecule has 3 rings (SSSR count). The van der Waals surface area contributed by atoms with Gasteiger partial charge in [-0.05, 0) is 36.4 Å². The topological polar surface area (TPSA) is 111 Å². The first-order chi connectivity index (χ1) is 17.5. The molecule has 0 aromatic heterocycles. The Morgan fingerprint density at radius 3 is 2.00 bits per heavy atom. The molecule has 0 aliphatic carbocycles. The van der Waals surface area contributed by atoms with Gasteiger partial charge in [0.05, 0.1) is 51.1 Å². The van der Waals surface area contributed by atoms with Crippen LogP contribution in [0.2, 0.25) is 10.0 Å². The van der Waals surface area contributed by atoms with Gasteiger partial charge in [0.1, 0.15) is 0 Å². The molecule has 37 heavy (non-hydrogen) atoms. The van der Waals surface area contributed by atoms with Crippen LogP contribution in [0.5, 0.6) is 11.5 Å². The Bertz CT molecular complexity index is 1410. The summed E-state index contributed by atoms with van der Waals surface area (Å²) in [6.45, 7) is -0.100. The van der Waals surface area contributed by atoms with Crippen molar-refractivity contribution in [3.8, 4) is 11.5 Å². The van der Waals surface area contributed by atoms with Crippen LogP contribution in [0.3, 0.4) is 0 Å². The molecule has 1 amide bonds. The van der Waals surface area contributed by atoms with E-state index < -0.39 is 21.9 Å². The van der Waals surface area contributed by atoms with Crippen molar-refractivity contribution in [3.05, 3.63) is 81.3 Å². The number of sulfonamides is 1. The van der Waals surface area contributed by atoms with Crippen molar-refractivity contribution >= 4 is 56.5 Å². The second-order valence-electron chi connectivity index (χ2n) is 7.72. The molecule has 9 nitrogen and oxygen atoms in total. The van der Waals surface area contributed by atoms with Crippen molar-refractivity contribution < 1.29 is 32.2 Å². The number of carbonyl (C=O) groups is 2. The molecule has 0 saturated carbocycles. The zero-order valence-corrected chi connectivity index (χ0v) is 22.7. The molecule has 0 aliphatic heterocycles. The number of methoxy groups -OCH3 is 3. The smallest absolute Gasteiger partial charge is 0.340 e. The molecular weight excluding hydrogens is 543 g/mol. The van der Waals surface area contributed by atoms with E-state index in [1.54, 1.807) is 18.2 Å². The number of ether oxygens (including phenoxy) is 3. The fraction of sp³-hybridized carbons (Fsp3) is 0.200. The Hall–Kier alpha value is -3.47. The minimum Gasteiger partial charge on any atom is -0.493 e. The highest BCUT2D eigenvalue weighted by Crippen LogP contribution is 2.34. The minimum atomic E-state index is -3.73. The molecule has 0 saturated heterocycles. The van der Waals surface area contributed by atoms with Crippen LogP contribution in [0, 0.1) is 0 Å². The molecule has 0 spiro atoms. The summed E-state index contributed by atoms with van der Waals surface area (Å²) in [6.07, 6.45) is 1.06. The average molecular weight is 567 g/mol. The van der Waals surface area contributed by atoms with Crippen molar-refractivity contribution in [1.29, 1.82) is 0 Å². The van der Waals surface area contributed by atoms with E-state index in [-0.39, 0.29) is 29.1 Å². The van der Waals surface area contributed by atoms with Gasteiger partial charge in [-0.25, -0.2) is 13.2 Å². The van der Waals surface area contributed by atoms with Gasteiger partial charge < -0.3 is 19.5 Å². The minimum absolute atomic E-state index is 0.0602. The fourth-order valence-corrected chi connectivity index (χ4v) is 4.85. The van der Waals surface area contributed by atoms with E-state index >= 15 is 0 Å². The molecule has 0 fully saturated rings. The summed E-state index contributed by atoms with van der Waals surface area (Å²) in [5.74, 6) is -0.662. The fourth-order valence-electron chi connectivity index (χ4n) is 3.46. The number of benzene rings is 3. The van der Waals surface area contributed by atoms with Crippen LogP contribution in [0.1, 0.15) is 26.3 Å². The van der Waals surface area contributed by atoms with Crippen LogP contribution >= 0.6 is 23.2 Å². The SMILES string of the molecule is COC(=O)c1cc(OC)c(OC)cc1NC(=O)c1ccc(N(Cc2c(Cl)cccc2Cl)S(C)(=O)=O)cc1. The van der Waals surface area contributed by atoms with E-state index in [2.05, 4.69) is 5.32 Å². The molecule has 3 aromatic carbocycles. The van der Waals surface area contributed by atoms with Crippen LogP contribution in [0.25, 0.3) is 0 Å². The third-order valence-electron chi connectivity index (χ3n) is 5.36. The molecular formula is C25H24Cl2N2O7S. The molecule has 0 aliphatic rings. The zero-order valence-electron chi connectivity index (χ0n) is 20.4. The number of carbonyl (C=O) groups excluding carboxylic acids is 2. The van der Waals surface area contributed by atoms with E-state index in [0.717, 1.165) is 10.6 Å². The maximum atomic E-state index is 13.0. The predicted molar refractivity (Wildman–Crippen MR) is 143 cm³/mol. The Morgan fingerprint density at radius 2 is 1.49 bits per heavy atom. The molecule has 0 unspecified atom stereocenters. The van der Waals surface area contributed by atoms with E-state index in [1.165, 1.54) is 57.7 Å². The van der Waals surface area contributed by atoms with Crippen molar-refractivity contribution in [2.45, 2.75) is 6.54 Å². The highest BCUT2D eigenvalue weighted by molar-refractivity contribution is 7.92. The Labute approximate surface area is 224 Å². The maximum absolute atomic E-state index is 13.0. The third-order valence-corrected chi connectivity index (χ3v) is 7.21. The number of nitrogens with zero attached hydrogens (tertiary/aromatic N) is 1. The van der Waals surface area contributed by atoms with Crippen LogP contribution < -0.4 is 19.1 Å².